The highest BCUT2D eigenvalue weighted by Crippen LogP contribution is 2.20. The van der Waals surface area contributed by atoms with Crippen molar-refractivity contribution in [3.05, 3.63) is 59.4 Å². The summed E-state index contributed by atoms with van der Waals surface area (Å²) in [6.45, 7) is 10.3. The highest BCUT2D eigenvalue weighted by atomic mass is 16.5. The molecule has 0 saturated carbocycles. The van der Waals surface area contributed by atoms with Crippen molar-refractivity contribution in [1.29, 1.82) is 0 Å². The van der Waals surface area contributed by atoms with Crippen molar-refractivity contribution in [3.8, 4) is 5.75 Å². The molecule has 28 heavy (non-hydrogen) atoms. The number of hydrogen-bond acceptors (Lipinski definition) is 4. The van der Waals surface area contributed by atoms with E-state index in [0.717, 1.165) is 62.9 Å². The number of ether oxygens (including phenoxy) is 2. The molecular formula is C23H29N3O2. The average molecular weight is 380 g/mol. The maximum absolute atomic E-state index is 5.98. The van der Waals surface area contributed by atoms with Crippen LogP contribution in [0, 0.1) is 13.8 Å². The molecule has 0 aliphatic carbocycles. The summed E-state index contributed by atoms with van der Waals surface area (Å²) in [5, 5.41) is 0. The van der Waals surface area contributed by atoms with Gasteiger partial charge in [-0.05, 0) is 55.7 Å². The van der Waals surface area contributed by atoms with Crippen LogP contribution in [0.5, 0.6) is 5.75 Å². The van der Waals surface area contributed by atoms with Crippen LogP contribution in [0.1, 0.15) is 23.4 Å². The predicted octanol–water partition coefficient (Wildman–Crippen LogP) is 3.95. The van der Waals surface area contributed by atoms with Crippen molar-refractivity contribution in [1.82, 2.24) is 14.5 Å². The molecule has 0 spiro atoms. The van der Waals surface area contributed by atoms with Crippen LogP contribution < -0.4 is 4.74 Å². The smallest absolute Gasteiger partial charge is 0.124 e. The van der Waals surface area contributed by atoms with Gasteiger partial charge in [-0.2, -0.15) is 0 Å². The number of aryl methyl sites for hydroxylation is 3. The molecular weight excluding hydrogens is 350 g/mol. The Balaban J connectivity index is 1.42. The molecule has 3 aromatic rings. The van der Waals surface area contributed by atoms with Gasteiger partial charge in [-0.15, -0.1) is 0 Å². The zero-order valence-corrected chi connectivity index (χ0v) is 16.9. The second kappa shape index (κ2) is 8.76. The van der Waals surface area contributed by atoms with Crippen molar-refractivity contribution >= 4 is 11.0 Å². The van der Waals surface area contributed by atoms with Gasteiger partial charge < -0.3 is 14.0 Å². The van der Waals surface area contributed by atoms with E-state index < -0.39 is 0 Å². The first-order valence-electron chi connectivity index (χ1n) is 10.1. The molecule has 1 aliphatic rings. The molecule has 5 heteroatoms. The van der Waals surface area contributed by atoms with Crippen LogP contribution in [0.4, 0.5) is 0 Å². The second-order valence-corrected chi connectivity index (χ2v) is 7.50. The number of aromatic nitrogens is 2. The van der Waals surface area contributed by atoms with E-state index in [1.807, 2.05) is 0 Å². The number of fused-ring (bicyclic) bond motifs is 1. The quantitative estimate of drug-likeness (QED) is 0.583. The predicted molar refractivity (Wildman–Crippen MR) is 112 cm³/mol. The summed E-state index contributed by atoms with van der Waals surface area (Å²) in [7, 11) is 0. The van der Waals surface area contributed by atoms with E-state index in [9.17, 15) is 0 Å². The largest absolute Gasteiger partial charge is 0.494 e. The molecule has 1 aromatic heterocycles. The van der Waals surface area contributed by atoms with E-state index in [1.54, 1.807) is 0 Å². The molecule has 148 valence electrons. The summed E-state index contributed by atoms with van der Waals surface area (Å²) >= 11 is 0. The first-order valence-corrected chi connectivity index (χ1v) is 10.1. The molecule has 0 bridgehead atoms. The number of nitrogens with zero attached hydrogens (tertiary/aromatic N) is 3. The van der Waals surface area contributed by atoms with E-state index >= 15 is 0 Å². The molecule has 0 amide bonds. The minimum absolute atomic E-state index is 0.700. The highest BCUT2D eigenvalue weighted by Gasteiger charge is 2.16. The van der Waals surface area contributed by atoms with Gasteiger partial charge in [-0.1, -0.05) is 18.2 Å². The van der Waals surface area contributed by atoms with Gasteiger partial charge in [0, 0.05) is 19.6 Å². The van der Waals surface area contributed by atoms with Gasteiger partial charge in [0.2, 0.25) is 0 Å². The fraction of sp³-hybridized carbons (Fsp3) is 0.435. The molecule has 0 N–H and O–H groups in total. The Morgan fingerprint density at radius 3 is 2.68 bits per heavy atom. The fourth-order valence-corrected chi connectivity index (χ4v) is 3.67. The van der Waals surface area contributed by atoms with Crippen LogP contribution in [0.15, 0.2) is 42.5 Å². The van der Waals surface area contributed by atoms with Gasteiger partial charge in [0.25, 0.3) is 0 Å². The van der Waals surface area contributed by atoms with Gasteiger partial charge >= 0.3 is 0 Å². The van der Waals surface area contributed by atoms with Crippen molar-refractivity contribution in [2.24, 2.45) is 0 Å². The minimum atomic E-state index is 0.700. The summed E-state index contributed by atoms with van der Waals surface area (Å²) in [5.41, 5.74) is 4.84. The lowest BCUT2D eigenvalue weighted by atomic mass is 10.1. The van der Waals surface area contributed by atoms with E-state index in [1.165, 1.54) is 16.6 Å². The third-order valence-corrected chi connectivity index (χ3v) is 5.48. The van der Waals surface area contributed by atoms with Crippen LogP contribution in [0.3, 0.4) is 0 Å². The maximum atomic E-state index is 5.98. The molecule has 4 rings (SSSR count). The van der Waals surface area contributed by atoms with Crippen LogP contribution in [-0.4, -0.2) is 47.4 Å². The Morgan fingerprint density at radius 2 is 1.86 bits per heavy atom. The van der Waals surface area contributed by atoms with Crippen LogP contribution in [0.2, 0.25) is 0 Å². The monoisotopic (exact) mass is 379 g/mol. The molecule has 0 unspecified atom stereocenters. The van der Waals surface area contributed by atoms with Crippen LogP contribution in [-0.2, 0) is 17.8 Å². The molecule has 1 fully saturated rings. The third-order valence-electron chi connectivity index (χ3n) is 5.48. The van der Waals surface area contributed by atoms with Crippen molar-refractivity contribution in [3.63, 3.8) is 0 Å². The molecule has 1 saturated heterocycles. The summed E-state index contributed by atoms with van der Waals surface area (Å²) < 4.78 is 13.8. The summed E-state index contributed by atoms with van der Waals surface area (Å²) in [4.78, 5) is 7.33. The standard InChI is InChI=1S/C23H29N3O2/c1-18-8-9-20(16-19(18)2)28-13-5-10-26-22-7-4-3-6-21(22)24-23(26)17-25-11-14-27-15-12-25/h3-4,6-9,16H,5,10-15,17H2,1-2H3. The van der Waals surface area contributed by atoms with Gasteiger partial charge in [0.15, 0.2) is 0 Å². The lowest BCUT2D eigenvalue weighted by molar-refractivity contribution is 0.0326. The highest BCUT2D eigenvalue weighted by molar-refractivity contribution is 5.75. The Labute approximate surface area is 166 Å². The topological polar surface area (TPSA) is 39.5 Å². The maximum Gasteiger partial charge on any atom is 0.124 e. The van der Waals surface area contributed by atoms with Gasteiger partial charge in [0.05, 0.1) is 37.4 Å². The molecule has 2 aromatic carbocycles. The van der Waals surface area contributed by atoms with Gasteiger partial charge in [-0.25, -0.2) is 4.98 Å². The number of benzene rings is 2. The molecule has 5 nitrogen and oxygen atoms in total. The Kier molecular flexibility index (Phi) is 5.93. The van der Waals surface area contributed by atoms with E-state index in [2.05, 4.69) is 65.8 Å². The van der Waals surface area contributed by atoms with Crippen molar-refractivity contribution in [2.75, 3.05) is 32.9 Å². The number of hydrogen-bond donors (Lipinski definition) is 0. The second-order valence-electron chi connectivity index (χ2n) is 7.50. The van der Waals surface area contributed by atoms with Crippen molar-refractivity contribution < 1.29 is 9.47 Å². The zero-order chi connectivity index (χ0) is 19.3. The van der Waals surface area contributed by atoms with Gasteiger partial charge in [-0.3, -0.25) is 4.90 Å². The Morgan fingerprint density at radius 1 is 1.04 bits per heavy atom. The lowest BCUT2D eigenvalue weighted by Crippen LogP contribution is -2.36. The van der Waals surface area contributed by atoms with E-state index in [4.69, 9.17) is 14.5 Å². The van der Waals surface area contributed by atoms with Crippen LogP contribution >= 0.6 is 0 Å². The zero-order valence-electron chi connectivity index (χ0n) is 16.9. The van der Waals surface area contributed by atoms with Gasteiger partial charge in [0.1, 0.15) is 11.6 Å². The lowest BCUT2D eigenvalue weighted by Gasteiger charge is -2.26. The Bertz CT molecular complexity index is 929. The van der Waals surface area contributed by atoms with Crippen LogP contribution in [0.25, 0.3) is 11.0 Å². The molecule has 0 radical (unpaired) electrons. The SMILES string of the molecule is Cc1ccc(OCCCn2c(CN3CCOCC3)nc3ccccc32)cc1C. The minimum Gasteiger partial charge on any atom is -0.494 e. The average Bonchev–Trinajstić information content (AvgIpc) is 3.06. The first-order chi connectivity index (χ1) is 13.7. The summed E-state index contributed by atoms with van der Waals surface area (Å²) in [5.74, 6) is 2.08. The number of para-hydroxylation sites is 2. The Hall–Kier alpha value is -2.37. The fourth-order valence-electron chi connectivity index (χ4n) is 3.67. The third kappa shape index (κ3) is 4.37. The summed E-state index contributed by atoms with van der Waals surface area (Å²) in [6.07, 6.45) is 0.948. The molecule has 1 aliphatic heterocycles. The van der Waals surface area contributed by atoms with E-state index in [-0.39, 0.29) is 0 Å². The molecule has 0 atom stereocenters. The molecule has 2 heterocycles. The first kappa shape index (κ1) is 19.0. The summed E-state index contributed by atoms with van der Waals surface area (Å²) in [6, 6.07) is 14.7. The normalized spacial score (nSPS) is 15.2. The van der Waals surface area contributed by atoms with E-state index in [0.29, 0.717) is 6.61 Å². The van der Waals surface area contributed by atoms with Crippen molar-refractivity contribution in [2.45, 2.75) is 33.4 Å². The number of imidazole rings is 1. The number of rotatable bonds is 7. The number of morpholine rings is 1.